The lowest BCUT2D eigenvalue weighted by molar-refractivity contribution is 1.16. The monoisotopic (exact) mass is 271 g/mol. The van der Waals surface area contributed by atoms with Crippen molar-refractivity contribution in [1.82, 2.24) is 0 Å². The van der Waals surface area contributed by atoms with E-state index >= 15 is 0 Å². The van der Waals surface area contributed by atoms with Crippen molar-refractivity contribution >= 4 is 39.6 Å². The van der Waals surface area contributed by atoms with Gasteiger partial charge in [-0.3, -0.25) is 0 Å². The summed E-state index contributed by atoms with van der Waals surface area (Å²) in [5.74, 6) is 0.888. The summed E-state index contributed by atoms with van der Waals surface area (Å²) in [6.07, 6.45) is 0. The maximum absolute atomic E-state index is 5.42. The molecule has 18 heavy (non-hydrogen) atoms. The third kappa shape index (κ3) is 2.04. The van der Waals surface area contributed by atoms with Crippen LogP contribution in [0.1, 0.15) is 11.1 Å². The fourth-order valence-corrected chi connectivity index (χ4v) is 3.28. The van der Waals surface area contributed by atoms with Gasteiger partial charge in [-0.25, -0.2) is 0 Å². The average Bonchev–Trinajstić information content (AvgIpc) is 2.41. The molecule has 0 spiro atoms. The van der Waals surface area contributed by atoms with E-state index in [2.05, 4.69) is 54.3 Å². The molecular formula is C15H13NS2. The standard InChI is InChI=1S/C15H13NS2/c1-11-6-8-12(9-7-11)16-10-18-15(17)13-4-2-3-5-14(13)16/h2-9H,10H2,1H3. The van der Waals surface area contributed by atoms with Crippen molar-refractivity contribution in [3.63, 3.8) is 0 Å². The number of anilines is 2. The van der Waals surface area contributed by atoms with Crippen molar-refractivity contribution in [1.29, 1.82) is 0 Å². The lowest BCUT2D eigenvalue weighted by atomic mass is 10.1. The van der Waals surface area contributed by atoms with Crippen LogP contribution in [-0.4, -0.2) is 10.1 Å². The van der Waals surface area contributed by atoms with Crippen LogP contribution in [0.15, 0.2) is 48.5 Å². The summed E-state index contributed by atoms with van der Waals surface area (Å²) in [7, 11) is 0. The zero-order chi connectivity index (χ0) is 12.5. The molecule has 90 valence electrons. The zero-order valence-corrected chi connectivity index (χ0v) is 11.7. The van der Waals surface area contributed by atoms with Crippen molar-refractivity contribution in [2.75, 3.05) is 10.8 Å². The molecular weight excluding hydrogens is 258 g/mol. The molecule has 3 rings (SSSR count). The molecule has 1 aliphatic rings. The van der Waals surface area contributed by atoms with Crippen molar-refractivity contribution in [2.45, 2.75) is 6.92 Å². The largest absolute Gasteiger partial charge is 0.331 e. The number of nitrogens with zero attached hydrogens (tertiary/aromatic N) is 1. The molecule has 0 N–H and O–H groups in total. The first-order valence-electron chi connectivity index (χ1n) is 5.86. The molecule has 0 saturated heterocycles. The molecule has 0 bridgehead atoms. The van der Waals surface area contributed by atoms with E-state index < -0.39 is 0 Å². The minimum absolute atomic E-state index is 0.888. The zero-order valence-electron chi connectivity index (χ0n) is 10.1. The Labute approximate surface area is 117 Å². The van der Waals surface area contributed by atoms with E-state index in [0.717, 1.165) is 10.1 Å². The summed E-state index contributed by atoms with van der Waals surface area (Å²) in [4.78, 5) is 2.31. The van der Waals surface area contributed by atoms with Crippen LogP contribution in [-0.2, 0) is 0 Å². The maximum atomic E-state index is 5.42. The molecule has 2 aromatic carbocycles. The topological polar surface area (TPSA) is 3.24 Å². The van der Waals surface area contributed by atoms with Crippen LogP contribution < -0.4 is 4.90 Å². The molecule has 1 heterocycles. The van der Waals surface area contributed by atoms with Gasteiger partial charge in [0, 0.05) is 11.3 Å². The van der Waals surface area contributed by atoms with Crippen LogP contribution in [0.2, 0.25) is 0 Å². The summed E-state index contributed by atoms with van der Waals surface area (Å²) < 4.78 is 0.994. The lowest BCUT2D eigenvalue weighted by Crippen LogP contribution is -2.23. The van der Waals surface area contributed by atoms with Crippen LogP contribution in [0, 0.1) is 6.92 Å². The molecule has 2 aromatic rings. The molecule has 0 amide bonds. The summed E-state index contributed by atoms with van der Waals surface area (Å²) in [5.41, 5.74) is 4.89. The van der Waals surface area contributed by atoms with Gasteiger partial charge in [-0.2, -0.15) is 0 Å². The summed E-state index contributed by atoms with van der Waals surface area (Å²) in [6, 6.07) is 17.0. The predicted molar refractivity (Wildman–Crippen MR) is 83.9 cm³/mol. The lowest BCUT2D eigenvalue weighted by Gasteiger charge is -2.31. The second-order valence-corrected chi connectivity index (χ2v) is 5.96. The van der Waals surface area contributed by atoms with Crippen molar-refractivity contribution in [2.24, 2.45) is 0 Å². The number of benzene rings is 2. The highest BCUT2D eigenvalue weighted by atomic mass is 32.2. The van der Waals surface area contributed by atoms with E-state index in [4.69, 9.17) is 12.2 Å². The van der Waals surface area contributed by atoms with E-state index in [-0.39, 0.29) is 0 Å². The average molecular weight is 271 g/mol. The molecule has 0 radical (unpaired) electrons. The van der Waals surface area contributed by atoms with E-state index in [9.17, 15) is 0 Å². The van der Waals surface area contributed by atoms with Gasteiger partial charge in [0.2, 0.25) is 0 Å². The molecule has 0 saturated carbocycles. The molecule has 0 aliphatic carbocycles. The summed E-state index contributed by atoms with van der Waals surface area (Å²) in [6.45, 7) is 2.11. The second kappa shape index (κ2) is 4.75. The molecule has 1 nitrogen and oxygen atoms in total. The molecule has 1 aliphatic heterocycles. The third-order valence-corrected chi connectivity index (χ3v) is 4.53. The minimum Gasteiger partial charge on any atom is -0.331 e. The number of fused-ring (bicyclic) bond motifs is 1. The van der Waals surface area contributed by atoms with Gasteiger partial charge in [0.05, 0.1) is 15.8 Å². The van der Waals surface area contributed by atoms with Crippen molar-refractivity contribution in [3.8, 4) is 0 Å². The first-order chi connectivity index (χ1) is 8.75. The van der Waals surface area contributed by atoms with Crippen molar-refractivity contribution < 1.29 is 0 Å². The quantitative estimate of drug-likeness (QED) is 0.702. The van der Waals surface area contributed by atoms with E-state index in [1.54, 1.807) is 11.8 Å². The molecule has 0 aromatic heterocycles. The van der Waals surface area contributed by atoms with E-state index in [1.165, 1.54) is 22.5 Å². The number of para-hydroxylation sites is 1. The maximum Gasteiger partial charge on any atom is 0.0816 e. The summed E-state index contributed by atoms with van der Waals surface area (Å²) >= 11 is 7.15. The Kier molecular flexibility index (Phi) is 3.10. The van der Waals surface area contributed by atoms with Gasteiger partial charge < -0.3 is 4.90 Å². The molecule has 0 unspecified atom stereocenters. The Morgan fingerprint density at radius 3 is 2.56 bits per heavy atom. The Bertz CT molecular complexity index is 590. The number of thioether (sulfide) groups is 1. The van der Waals surface area contributed by atoms with Crippen LogP contribution in [0.5, 0.6) is 0 Å². The number of aryl methyl sites for hydroxylation is 1. The van der Waals surface area contributed by atoms with Crippen LogP contribution >= 0.6 is 24.0 Å². The fraction of sp³-hybridized carbons (Fsp3) is 0.133. The highest BCUT2D eigenvalue weighted by Gasteiger charge is 2.21. The normalized spacial score (nSPS) is 14.5. The van der Waals surface area contributed by atoms with Gasteiger partial charge in [0.1, 0.15) is 0 Å². The van der Waals surface area contributed by atoms with E-state index in [0.29, 0.717) is 0 Å². The molecule has 3 heteroatoms. The highest BCUT2D eigenvalue weighted by molar-refractivity contribution is 8.23. The minimum atomic E-state index is 0.888. The van der Waals surface area contributed by atoms with Gasteiger partial charge in [-0.05, 0) is 25.1 Å². The van der Waals surface area contributed by atoms with Crippen LogP contribution in [0.4, 0.5) is 11.4 Å². The number of hydrogen-bond acceptors (Lipinski definition) is 3. The van der Waals surface area contributed by atoms with E-state index in [1.807, 2.05) is 6.07 Å². The highest BCUT2D eigenvalue weighted by Crippen LogP contribution is 2.37. The van der Waals surface area contributed by atoms with Gasteiger partial charge in [-0.15, -0.1) is 0 Å². The first-order valence-corrected chi connectivity index (χ1v) is 7.25. The second-order valence-electron chi connectivity index (χ2n) is 4.34. The van der Waals surface area contributed by atoms with Gasteiger partial charge >= 0.3 is 0 Å². The van der Waals surface area contributed by atoms with Gasteiger partial charge in [0.15, 0.2) is 0 Å². The Hall–Kier alpha value is -1.32. The molecule has 0 fully saturated rings. The fourth-order valence-electron chi connectivity index (χ4n) is 2.09. The number of hydrogen-bond donors (Lipinski definition) is 0. The van der Waals surface area contributed by atoms with Gasteiger partial charge in [-0.1, -0.05) is 59.9 Å². The summed E-state index contributed by atoms with van der Waals surface area (Å²) in [5, 5.41) is 0. The SMILES string of the molecule is Cc1ccc(N2CSC(=S)c3ccccc32)cc1. The van der Waals surface area contributed by atoms with Crippen LogP contribution in [0.25, 0.3) is 0 Å². The molecule has 0 atom stereocenters. The first kappa shape index (κ1) is 11.8. The number of rotatable bonds is 1. The number of thiocarbonyl (C=S) groups is 1. The van der Waals surface area contributed by atoms with Gasteiger partial charge in [0.25, 0.3) is 0 Å². The van der Waals surface area contributed by atoms with Crippen LogP contribution in [0.3, 0.4) is 0 Å². The van der Waals surface area contributed by atoms with Crippen molar-refractivity contribution in [3.05, 3.63) is 59.7 Å². The third-order valence-electron chi connectivity index (χ3n) is 3.09. The Balaban J connectivity index is 2.07. The Morgan fingerprint density at radius 2 is 1.78 bits per heavy atom. The smallest absolute Gasteiger partial charge is 0.0816 e. The Morgan fingerprint density at radius 1 is 1.06 bits per heavy atom. The predicted octanol–water partition coefficient (Wildman–Crippen LogP) is 4.51.